The van der Waals surface area contributed by atoms with Crippen molar-refractivity contribution in [3.05, 3.63) is 69.6 Å². The van der Waals surface area contributed by atoms with Crippen LogP contribution in [0.25, 0.3) is 0 Å². The lowest BCUT2D eigenvalue weighted by molar-refractivity contribution is 0.102. The molecule has 26 heavy (non-hydrogen) atoms. The van der Waals surface area contributed by atoms with Gasteiger partial charge >= 0.3 is 0 Å². The summed E-state index contributed by atoms with van der Waals surface area (Å²) in [6.45, 7) is 0.780. The van der Waals surface area contributed by atoms with Gasteiger partial charge in [-0.1, -0.05) is 29.3 Å². The van der Waals surface area contributed by atoms with Crippen molar-refractivity contribution in [3.8, 4) is 0 Å². The van der Waals surface area contributed by atoms with Gasteiger partial charge in [-0.15, -0.1) is 0 Å². The number of anilines is 2. The Kier molecular flexibility index (Phi) is 4.42. The van der Waals surface area contributed by atoms with Gasteiger partial charge in [0.2, 0.25) is 5.78 Å². The van der Waals surface area contributed by atoms with E-state index in [0.717, 1.165) is 36.5 Å². The molecule has 3 aromatic rings. The van der Waals surface area contributed by atoms with Gasteiger partial charge in [0, 0.05) is 30.4 Å². The summed E-state index contributed by atoms with van der Waals surface area (Å²) in [4.78, 5) is 19.2. The van der Waals surface area contributed by atoms with Crippen molar-refractivity contribution in [1.29, 1.82) is 0 Å². The van der Waals surface area contributed by atoms with E-state index in [9.17, 15) is 4.79 Å². The molecule has 2 aromatic heterocycles. The minimum atomic E-state index is -0.120. The second-order valence-electron chi connectivity index (χ2n) is 6.17. The summed E-state index contributed by atoms with van der Waals surface area (Å²) in [6.07, 6.45) is 3.31. The summed E-state index contributed by atoms with van der Waals surface area (Å²) in [7, 11) is 1.79. The molecule has 7 heteroatoms. The summed E-state index contributed by atoms with van der Waals surface area (Å²) in [5, 5.41) is 5.77. The molecule has 132 valence electrons. The van der Waals surface area contributed by atoms with E-state index in [2.05, 4.69) is 10.1 Å². The molecule has 1 aromatic carbocycles. The number of fused-ring (bicyclic) bond motifs is 1. The molecule has 0 aliphatic carbocycles. The molecule has 0 saturated heterocycles. The van der Waals surface area contributed by atoms with Gasteiger partial charge < -0.3 is 4.90 Å². The zero-order chi connectivity index (χ0) is 18.3. The van der Waals surface area contributed by atoms with Crippen LogP contribution < -0.4 is 4.90 Å². The number of pyridine rings is 1. The SMILES string of the molecule is Cn1nc2c(c1C(=O)c1ccccn1)CCCN2c1ccc(Cl)cc1Cl. The highest BCUT2D eigenvalue weighted by atomic mass is 35.5. The molecule has 0 N–H and O–H groups in total. The van der Waals surface area contributed by atoms with Crippen molar-refractivity contribution in [2.75, 3.05) is 11.4 Å². The Hall–Kier alpha value is -2.37. The van der Waals surface area contributed by atoms with Crippen molar-refractivity contribution in [1.82, 2.24) is 14.8 Å². The first kappa shape index (κ1) is 17.1. The number of carbonyl (C=O) groups is 1. The van der Waals surface area contributed by atoms with Crippen LogP contribution >= 0.6 is 23.2 Å². The van der Waals surface area contributed by atoms with E-state index in [1.54, 1.807) is 42.2 Å². The van der Waals surface area contributed by atoms with Crippen molar-refractivity contribution in [2.45, 2.75) is 12.8 Å². The molecular formula is C19H16Cl2N4O. The van der Waals surface area contributed by atoms with E-state index >= 15 is 0 Å². The zero-order valence-electron chi connectivity index (χ0n) is 14.1. The molecule has 4 rings (SSSR count). The standard InChI is InChI=1S/C19H16Cl2N4O/c1-24-17(18(26)15-6-2-3-9-22-15)13-5-4-10-25(19(13)23-24)16-8-7-12(20)11-14(16)21/h2-3,6-9,11H,4-5,10H2,1H3. The summed E-state index contributed by atoms with van der Waals surface area (Å²) in [5.74, 6) is 0.646. The van der Waals surface area contributed by atoms with Gasteiger partial charge in [-0.3, -0.25) is 14.5 Å². The summed E-state index contributed by atoms with van der Waals surface area (Å²) in [5.41, 5.74) is 2.76. The van der Waals surface area contributed by atoms with Crippen LogP contribution in [0.5, 0.6) is 0 Å². The number of benzene rings is 1. The molecule has 0 radical (unpaired) electrons. The number of ketones is 1. The number of hydrogen-bond acceptors (Lipinski definition) is 4. The number of halogens is 2. The van der Waals surface area contributed by atoms with Gasteiger partial charge in [0.25, 0.3) is 0 Å². The molecule has 0 bridgehead atoms. The third-order valence-electron chi connectivity index (χ3n) is 4.50. The van der Waals surface area contributed by atoms with Crippen LogP contribution in [-0.4, -0.2) is 27.1 Å². The molecule has 1 aliphatic heterocycles. The quantitative estimate of drug-likeness (QED) is 0.624. The average molecular weight is 387 g/mol. The zero-order valence-corrected chi connectivity index (χ0v) is 15.6. The summed E-state index contributed by atoms with van der Waals surface area (Å²) in [6, 6.07) is 10.7. The smallest absolute Gasteiger partial charge is 0.229 e. The molecule has 3 heterocycles. The van der Waals surface area contributed by atoms with Crippen LogP contribution in [0, 0.1) is 0 Å². The maximum Gasteiger partial charge on any atom is 0.229 e. The Bertz CT molecular complexity index is 985. The maximum absolute atomic E-state index is 13.0. The minimum Gasteiger partial charge on any atom is -0.323 e. The van der Waals surface area contributed by atoms with E-state index in [-0.39, 0.29) is 5.78 Å². The lowest BCUT2D eigenvalue weighted by Crippen LogP contribution is -2.25. The van der Waals surface area contributed by atoms with Gasteiger partial charge in [-0.25, -0.2) is 0 Å². The molecule has 0 unspecified atom stereocenters. The number of carbonyl (C=O) groups excluding carboxylic acids is 1. The first-order valence-electron chi connectivity index (χ1n) is 8.30. The summed E-state index contributed by atoms with van der Waals surface area (Å²) < 4.78 is 1.64. The fourth-order valence-corrected chi connectivity index (χ4v) is 3.87. The average Bonchev–Trinajstić information content (AvgIpc) is 2.98. The number of rotatable bonds is 3. The van der Waals surface area contributed by atoms with Crippen LogP contribution in [0.4, 0.5) is 11.5 Å². The highest BCUT2D eigenvalue weighted by Crippen LogP contribution is 2.39. The predicted octanol–water partition coefficient (Wildman–Crippen LogP) is 4.44. The molecular weight excluding hydrogens is 371 g/mol. The normalized spacial score (nSPS) is 13.6. The van der Waals surface area contributed by atoms with E-state index < -0.39 is 0 Å². The van der Waals surface area contributed by atoms with E-state index in [1.807, 2.05) is 17.0 Å². The third kappa shape index (κ3) is 2.87. The molecule has 1 aliphatic rings. The van der Waals surface area contributed by atoms with Crippen molar-refractivity contribution in [3.63, 3.8) is 0 Å². The third-order valence-corrected chi connectivity index (χ3v) is 5.04. The fraction of sp³-hybridized carbons (Fsp3) is 0.211. The van der Waals surface area contributed by atoms with Crippen molar-refractivity contribution < 1.29 is 4.79 Å². The summed E-state index contributed by atoms with van der Waals surface area (Å²) >= 11 is 12.4. The van der Waals surface area contributed by atoms with Gasteiger partial charge in [0.1, 0.15) is 11.4 Å². The number of nitrogens with zero attached hydrogens (tertiary/aromatic N) is 4. The minimum absolute atomic E-state index is 0.120. The second kappa shape index (κ2) is 6.74. The van der Waals surface area contributed by atoms with Gasteiger partial charge in [0.05, 0.1) is 10.7 Å². The maximum atomic E-state index is 13.0. The first-order chi connectivity index (χ1) is 12.6. The molecule has 0 spiro atoms. The second-order valence-corrected chi connectivity index (χ2v) is 7.01. The Labute approximate surface area is 161 Å². The van der Waals surface area contributed by atoms with Crippen LogP contribution in [0.2, 0.25) is 10.0 Å². The van der Waals surface area contributed by atoms with Crippen LogP contribution in [0.1, 0.15) is 28.2 Å². The van der Waals surface area contributed by atoms with Crippen molar-refractivity contribution >= 4 is 40.5 Å². The Morgan fingerprint density at radius 1 is 1.19 bits per heavy atom. The van der Waals surface area contributed by atoms with E-state index in [1.165, 1.54) is 0 Å². The van der Waals surface area contributed by atoms with E-state index in [4.69, 9.17) is 23.2 Å². The lowest BCUT2D eigenvalue weighted by atomic mass is 10.0. The van der Waals surface area contributed by atoms with Gasteiger partial charge in [0.15, 0.2) is 5.82 Å². The predicted molar refractivity (Wildman–Crippen MR) is 103 cm³/mol. The fourth-order valence-electron chi connectivity index (χ4n) is 3.36. The molecule has 0 atom stereocenters. The van der Waals surface area contributed by atoms with Crippen LogP contribution in [-0.2, 0) is 13.5 Å². The van der Waals surface area contributed by atoms with Crippen molar-refractivity contribution in [2.24, 2.45) is 7.05 Å². The molecule has 0 fully saturated rings. The Morgan fingerprint density at radius 2 is 2.04 bits per heavy atom. The highest BCUT2D eigenvalue weighted by Gasteiger charge is 2.30. The van der Waals surface area contributed by atoms with Crippen LogP contribution in [0.3, 0.4) is 0 Å². The molecule has 0 saturated carbocycles. The monoisotopic (exact) mass is 386 g/mol. The molecule has 5 nitrogen and oxygen atoms in total. The van der Waals surface area contributed by atoms with E-state index in [0.29, 0.717) is 21.4 Å². The number of aryl methyl sites for hydroxylation is 1. The number of hydrogen-bond donors (Lipinski definition) is 0. The number of aromatic nitrogens is 3. The largest absolute Gasteiger partial charge is 0.323 e. The van der Waals surface area contributed by atoms with Crippen LogP contribution in [0.15, 0.2) is 42.6 Å². The van der Waals surface area contributed by atoms with Gasteiger partial charge in [-0.2, -0.15) is 5.10 Å². The lowest BCUT2D eigenvalue weighted by Gasteiger charge is -2.28. The highest BCUT2D eigenvalue weighted by molar-refractivity contribution is 6.36. The van der Waals surface area contributed by atoms with Gasteiger partial charge in [-0.05, 0) is 43.2 Å². The Balaban J connectivity index is 1.80. The first-order valence-corrected chi connectivity index (χ1v) is 9.06. The Morgan fingerprint density at radius 3 is 2.77 bits per heavy atom. The topological polar surface area (TPSA) is 51.0 Å². The molecule has 0 amide bonds.